The Morgan fingerprint density at radius 1 is 1.41 bits per heavy atom. The normalized spacial score (nSPS) is 24.1. The minimum Gasteiger partial charge on any atom is -0.272 e. The van der Waals surface area contributed by atoms with Gasteiger partial charge < -0.3 is 0 Å². The van der Waals surface area contributed by atoms with E-state index in [9.17, 15) is 14.9 Å². The first-order valence-electron chi connectivity index (χ1n) is 5.20. The molecule has 2 unspecified atom stereocenters. The summed E-state index contributed by atoms with van der Waals surface area (Å²) in [6, 6.07) is 6.25. The minimum absolute atomic E-state index is 0.0448. The molecule has 2 atom stereocenters. The summed E-state index contributed by atoms with van der Waals surface area (Å²) in [6.07, 6.45) is -0.395. The maximum Gasteiger partial charge on any atom is 0.273 e. The van der Waals surface area contributed by atoms with Crippen LogP contribution in [-0.2, 0) is 9.63 Å². The van der Waals surface area contributed by atoms with E-state index in [1.54, 1.807) is 25.1 Å². The average molecular weight is 236 g/mol. The van der Waals surface area contributed by atoms with Gasteiger partial charge in [-0.3, -0.25) is 19.7 Å². The monoisotopic (exact) mass is 236 g/mol. The number of nitro benzene ring substituents is 1. The molecule has 6 nitrogen and oxygen atoms in total. The second-order valence-electron chi connectivity index (χ2n) is 3.94. The average Bonchev–Trinajstić information content (AvgIpc) is 2.53. The molecular weight excluding hydrogens is 224 g/mol. The predicted octanol–water partition coefficient (Wildman–Crippen LogP) is 1.47. The number of carbonyl (C=O) groups is 1. The van der Waals surface area contributed by atoms with E-state index in [0.717, 1.165) is 5.06 Å². The van der Waals surface area contributed by atoms with Crippen molar-refractivity contribution in [1.29, 1.82) is 0 Å². The van der Waals surface area contributed by atoms with Gasteiger partial charge in [0.2, 0.25) is 0 Å². The molecule has 0 spiro atoms. The lowest BCUT2D eigenvalue weighted by Gasteiger charge is -2.10. The highest BCUT2D eigenvalue weighted by Crippen LogP contribution is 2.35. The number of hydrogen-bond acceptors (Lipinski definition) is 4. The van der Waals surface area contributed by atoms with E-state index in [-0.39, 0.29) is 11.6 Å². The van der Waals surface area contributed by atoms with Gasteiger partial charge in [-0.25, -0.2) is 5.06 Å². The lowest BCUT2D eigenvalue weighted by atomic mass is 9.93. The summed E-state index contributed by atoms with van der Waals surface area (Å²) in [6.45, 7) is 1.72. The number of carbonyl (C=O) groups excluding carboxylic acids is 1. The van der Waals surface area contributed by atoms with Crippen LogP contribution in [0.2, 0.25) is 0 Å². The van der Waals surface area contributed by atoms with E-state index in [2.05, 4.69) is 0 Å². The fraction of sp³-hybridized carbons (Fsp3) is 0.364. The number of rotatable bonds is 2. The van der Waals surface area contributed by atoms with Crippen LogP contribution in [0.5, 0.6) is 0 Å². The van der Waals surface area contributed by atoms with Crippen LogP contribution in [0, 0.1) is 10.1 Å². The van der Waals surface area contributed by atoms with Crippen molar-refractivity contribution in [3.05, 3.63) is 39.9 Å². The van der Waals surface area contributed by atoms with Gasteiger partial charge in [0, 0.05) is 18.7 Å². The molecule has 0 N–H and O–H groups in total. The molecule has 1 aliphatic rings. The van der Waals surface area contributed by atoms with Crippen LogP contribution in [0.3, 0.4) is 0 Å². The minimum atomic E-state index is -0.610. The quantitative estimate of drug-likeness (QED) is 0.575. The van der Waals surface area contributed by atoms with Crippen molar-refractivity contribution in [2.24, 2.45) is 0 Å². The highest BCUT2D eigenvalue weighted by molar-refractivity contribution is 5.86. The van der Waals surface area contributed by atoms with E-state index >= 15 is 0 Å². The van der Waals surface area contributed by atoms with Gasteiger partial charge >= 0.3 is 0 Å². The number of hydroxylamine groups is 2. The molecule has 1 aliphatic heterocycles. The van der Waals surface area contributed by atoms with Gasteiger partial charge in [0.05, 0.1) is 11.0 Å². The van der Waals surface area contributed by atoms with Crippen LogP contribution in [0.25, 0.3) is 0 Å². The Morgan fingerprint density at radius 3 is 2.59 bits per heavy atom. The van der Waals surface area contributed by atoms with Crippen LogP contribution < -0.4 is 0 Å². The van der Waals surface area contributed by atoms with Crippen LogP contribution in [0.1, 0.15) is 18.4 Å². The number of benzene rings is 1. The summed E-state index contributed by atoms with van der Waals surface area (Å²) in [7, 11) is 1.51. The number of para-hydroxylation sites is 1. The molecule has 2 rings (SSSR count). The zero-order chi connectivity index (χ0) is 12.6. The predicted molar refractivity (Wildman–Crippen MR) is 59.2 cm³/mol. The number of nitrogens with zero attached hydrogens (tertiary/aromatic N) is 2. The summed E-state index contributed by atoms with van der Waals surface area (Å²) in [4.78, 5) is 27.5. The molecule has 1 aromatic rings. The summed E-state index contributed by atoms with van der Waals surface area (Å²) in [5, 5.41) is 12.0. The van der Waals surface area contributed by atoms with Gasteiger partial charge in [0.25, 0.3) is 11.6 Å². The third kappa shape index (κ3) is 1.87. The largest absolute Gasteiger partial charge is 0.273 e. The molecule has 17 heavy (non-hydrogen) atoms. The van der Waals surface area contributed by atoms with E-state index in [1.165, 1.54) is 13.1 Å². The van der Waals surface area contributed by atoms with E-state index in [0.29, 0.717) is 5.56 Å². The molecule has 1 amide bonds. The summed E-state index contributed by atoms with van der Waals surface area (Å²) in [5.41, 5.74) is 0.357. The number of amides is 1. The number of likely N-dealkylation sites (N-methyl/N-ethyl adjacent to an activating group) is 1. The molecular formula is C11H12N2O4. The third-order valence-electron chi connectivity index (χ3n) is 2.84. The second kappa shape index (κ2) is 4.14. The third-order valence-corrected chi connectivity index (χ3v) is 2.84. The number of hydrogen-bond donors (Lipinski definition) is 0. The van der Waals surface area contributed by atoms with Gasteiger partial charge in [-0.05, 0) is 6.92 Å². The van der Waals surface area contributed by atoms with Crippen molar-refractivity contribution in [3.8, 4) is 0 Å². The van der Waals surface area contributed by atoms with Gasteiger partial charge in [-0.1, -0.05) is 18.2 Å². The summed E-state index contributed by atoms with van der Waals surface area (Å²) in [5.74, 6) is -0.867. The summed E-state index contributed by atoms with van der Waals surface area (Å²) < 4.78 is 0. The molecule has 6 heteroatoms. The maximum atomic E-state index is 11.9. The molecule has 0 bridgehead atoms. The first-order chi connectivity index (χ1) is 8.02. The molecule has 0 saturated carbocycles. The molecule has 1 aromatic carbocycles. The highest BCUT2D eigenvalue weighted by atomic mass is 16.7. The second-order valence-corrected chi connectivity index (χ2v) is 3.94. The van der Waals surface area contributed by atoms with Gasteiger partial charge in [0.15, 0.2) is 0 Å². The fourth-order valence-corrected chi connectivity index (χ4v) is 2.06. The topological polar surface area (TPSA) is 72.7 Å². The lowest BCUT2D eigenvalue weighted by Crippen LogP contribution is -2.21. The Hall–Kier alpha value is -1.95. The Bertz CT molecular complexity index is 474. The number of nitro groups is 1. The maximum absolute atomic E-state index is 11.9. The van der Waals surface area contributed by atoms with Crippen molar-refractivity contribution in [1.82, 2.24) is 5.06 Å². The van der Waals surface area contributed by atoms with Gasteiger partial charge in [0.1, 0.15) is 5.92 Å². The first kappa shape index (κ1) is 11.5. The SMILES string of the molecule is CC1ON(C)C(=O)C1c1ccccc1[N+](=O)[O-]. The van der Waals surface area contributed by atoms with Crippen molar-refractivity contribution < 1.29 is 14.6 Å². The smallest absolute Gasteiger partial charge is 0.272 e. The highest BCUT2D eigenvalue weighted by Gasteiger charge is 2.41. The van der Waals surface area contributed by atoms with E-state index < -0.39 is 16.9 Å². The van der Waals surface area contributed by atoms with Gasteiger partial charge in [-0.2, -0.15) is 0 Å². The Morgan fingerprint density at radius 2 is 2.06 bits per heavy atom. The van der Waals surface area contributed by atoms with Crippen LogP contribution >= 0.6 is 0 Å². The van der Waals surface area contributed by atoms with Crippen LogP contribution in [0.4, 0.5) is 5.69 Å². The van der Waals surface area contributed by atoms with Crippen LogP contribution in [0.15, 0.2) is 24.3 Å². The standard InChI is InChI=1S/C11H12N2O4/c1-7-10(11(14)12(2)17-7)8-5-3-4-6-9(8)13(15)16/h3-7,10H,1-2H3. The Balaban J connectivity index is 2.47. The van der Waals surface area contributed by atoms with Gasteiger partial charge in [-0.15, -0.1) is 0 Å². The molecule has 1 saturated heterocycles. The lowest BCUT2D eigenvalue weighted by molar-refractivity contribution is -0.385. The fourth-order valence-electron chi connectivity index (χ4n) is 2.06. The molecule has 1 fully saturated rings. The van der Waals surface area contributed by atoms with Crippen molar-refractivity contribution in [3.63, 3.8) is 0 Å². The zero-order valence-corrected chi connectivity index (χ0v) is 9.49. The molecule has 0 aliphatic carbocycles. The molecule has 0 aromatic heterocycles. The van der Waals surface area contributed by atoms with Crippen molar-refractivity contribution in [2.75, 3.05) is 7.05 Å². The molecule has 90 valence electrons. The summed E-state index contributed by atoms with van der Waals surface area (Å²) >= 11 is 0. The van der Waals surface area contributed by atoms with E-state index in [1.807, 2.05) is 0 Å². The molecule has 0 radical (unpaired) electrons. The Kier molecular flexibility index (Phi) is 2.81. The Labute approximate surface area is 97.9 Å². The van der Waals surface area contributed by atoms with Crippen molar-refractivity contribution in [2.45, 2.75) is 18.9 Å². The first-order valence-corrected chi connectivity index (χ1v) is 5.20. The zero-order valence-electron chi connectivity index (χ0n) is 9.49. The molecule has 1 heterocycles. The van der Waals surface area contributed by atoms with Crippen molar-refractivity contribution >= 4 is 11.6 Å². The van der Waals surface area contributed by atoms with E-state index in [4.69, 9.17) is 4.84 Å². The van der Waals surface area contributed by atoms with Crippen LogP contribution in [-0.4, -0.2) is 29.0 Å².